The standard InChI is InChI=1S/C17H31N5O/c1-6-18-17(22-9-8-15(11-22)12-23-7-2)19-10-16-13(3)20-21(5)14(16)4/h15H,6-12H2,1-5H3,(H,18,19). The lowest BCUT2D eigenvalue weighted by Crippen LogP contribution is -2.40. The summed E-state index contributed by atoms with van der Waals surface area (Å²) in [5.74, 6) is 1.62. The topological polar surface area (TPSA) is 54.7 Å². The molecule has 0 bridgehead atoms. The summed E-state index contributed by atoms with van der Waals surface area (Å²) in [6.07, 6.45) is 1.18. The van der Waals surface area contributed by atoms with E-state index < -0.39 is 0 Å². The molecule has 2 heterocycles. The van der Waals surface area contributed by atoms with E-state index >= 15 is 0 Å². The predicted octanol–water partition coefficient (Wildman–Crippen LogP) is 1.86. The van der Waals surface area contributed by atoms with Gasteiger partial charge in [-0.15, -0.1) is 0 Å². The first-order valence-electron chi connectivity index (χ1n) is 8.66. The van der Waals surface area contributed by atoms with E-state index in [0.29, 0.717) is 12.5 Å². The Morgan fingerprint density at radius 2 is 2.17 bits per heavy atom. The van der Waals surface area contributed by atoms with E-state index in [-0.39, 0.29) is 0 Å². The van der Waals surface area contributed by atoms with Crippen LogP contribution in [-0.4, -0.2) is 53.5 Å². The minimum absolute atomic E-state index is 0.612. The van der Waals surface area contributed by atoms with E-state index in [2.05, 4.69) is 43.0 Å². The largest absolute Gasteiger partial charge is 0.381 e. The summed E-state index contributed by atoms with van der Waals surface area (Å²) in [6.45, 7) is 13.6. The van der Waals surface area contributed by atoms with E-state index in [9.17, 15) is 0 Å². The fourth-order valence-corrected chi connectivity index (χ4v) is 3.07. The van der Waals surface area contributed by atoms with Crippen LogP contribution in [0, 0.1) is 19.8 Å². The molecule has 1 aliphatic heterocycles. The van der Waals surface area contributed by atoms with Crippen LogP contribution >= 0.6 is 0 Å². The Hall–Kier alpha value is -1.56. The van der Waals surface area contributed by atoms with Crippen molar-refractivity contribution >= 4 is 5.96 Å². The zero-order valence-electron chi connectivity index (χ0n) is 15.2. The summed E-state index contributed by atoms with van der Waals surface area (Å²) in [5, 5.41) is 7.90. The molecule has 130 valence electrons. The Balaban J connectivity index is 2.03. The number of likely N-dealkylation sites (tertiary alicyclic amines) is 1. The lowest BCUT2D eigenvalue weighted by atomic mass is 10.1. The van der Waals surface area contributed by atoms with Crippen LogP contribution in [0.2, 0.25) is 0 Å². The second-order valence-electron chi connectivity index (χ2n) is 6.20. The van der Waals surface area contributed by atoms with Gasteiger partial charge in [0.1, 0.15) is 0 Å². The van der Waals surface area contributed by atoms with Crippen LogP contribution < -0.4 is 5.32 Å². The molecule has 2 rings (SSSR count). The van der Waals surface area contributed by atoms with Crippen molar-refractivity contribution in [1.29, 1.82) is 0 Å². The predicted molar refractivity (Wildman–Crippen MR) is 93.7 cm³/mol. The van der Waals surface area contributed by atoms with Gasteiger partial charge in [-0.1, -0.05) is 0 Å². The number of guanidine groups is 1. The quantitative estimate of drug-likeness (QED) is 0.642. The van der Waals surface area contributed by atoms with Crippen LogP contribution in [0.4, 0.5) is 0 Å². The Morgan fingerprint density at radius 3 is 2.78 bits per heavy atom. The van der Waals surface area contributed by atoms with Gasteiger partial charge in [0.2, 0.25) is 0 Å². The van der Waals surface area contributed by atoms with Crippen molar-refractivity contribution in [3.8, 4) is 0 Å². The molecule has 1 N–H and O–H groups in total. The van der Waals surface area contributed by atoms with Crippen molar-refractivity contribution in [3.63, 3.8) is 0 Å². The van der Waals surface area contributed by atoms with Crippen molar-refractivity contribution in [2.75, 3.05) is 32.8 Å². The first-order valence-corrected chi connectivity index (χ1v) is 8.66. The highest BCUT2D eigenvalue weighted by atomic mass is 16.5. The van der Waals surface area contributed by atoms with Gasteiger partial charge in [-0.25, -0.2) is 4.99 Å². The van der Waals surface area contributed by atoms with Gasteiger partial charge in [-0.3, -0.25) is 4.68 Å². The maximum atomic E-state index is 5.57. The van der Waals surface area contributed by atoms with Gasteiger partial charge in [0, 0.05) is 50.5 Å². The van der Waals surface area contributed by atoms with Crippen LogP contribution in [0.25, 0.3) is 0 Å². The molecule has 0 radical (unpaired) electrons. The van der Waals surface area contributed by atoms with Crippen molar-refractivity contribution in [2.45, 2.75) is 40.7 Å². The fourth-order valence-electron chi connectivity index (χ4n) is 3.07. The Labute approximate surface area is 139 Å². The van der Waals surface area contributed by atoms with Crippen molar-refractivity contribution in [2.24, 2.45) is 18.0 Å². The SMILES string of the molecule is CCNC(=NCc1c(C)nn(C)c1C)N1CCC(COCC)C1. The molecule has 23 heavy (non-hydrogen) atoms. The zero-order valence-corrected chi connectivity index (χ0v) is 15.2. The summed E-state index contributed by atoms with van der Waals surface area (Å²) in [4.78, 5) is 7.21. The summed E-state index contributed by atoms with van der Waals surface area (Å²) in [7, 11) is 1.99. The zero-order chi connectivity index (χ0) is 16.8. The molecule has 0 aliphatic carbocycles. The summed E-state index contributed by atoms with van der Waals surface area (Å²) in [6, 6.07) is 0. The van der Waals surface area contributed by atoms with Gasteiger partial charge >= 0.3 is 0 Å². The van der Waals surface area contributed by atoms with Crippen LogP contribution in [0.5, 0.6) is 0 Å². The van der Waals surface area contributed by atoms with Crippen LogP contribution in [0.15, 0.2) is 4.99 Å². The third kappa shape index (κ3) is 4.47. The number of aryl methyl sites for hydroxylation is 2. The Kier molecular flexibility index (Phi) is 6.45. The van der Waals surface area contributed by atoms with Crippen molar-refractivity contribution in [1.82, 2.24) is 20.0 Å². The molecule has 1 fully saturated rings. The second kappa shape index (κ2) is 8.34. The first kappa shape index (κ1) is 17.8. The van der Waals surface area contributed by atoms with Crippen LogP contribution in [-0.2, 0) is 18.3 Å². The molecule has 6 nitrogen and oxygen atoms in total. The molecule has 6 heteroatoms. The lowest BCUT2D eigenvalue weighted by Gasteiger charge is -2.21. The smallest absolute Gasteiger partial charge is 0.194 e. The maximum Gasteiger partial charge on any atom is 0.194 e. The molecule has 1 aromatic rings. The lowest BCUT2D eigenvalue weighted by molar-refractivity contribution is 0.114. The van der Waals surface area contributed by atoms with Crippen molar-refractivity contribution < 1.29 is 4.74 Å². The van der Waals surface area contributed by atoms with Gasteiger partial charge in [0.15, 0.2) is 5.96 Å². The van der Waals surface area contributed by atoms with E-state index in [0.717, 1.165) is 44.5 Å². The molecule has 0 saturated carbocycles. The maximum absolute atomic E-state index is 5.57. The summed E-state index contributed by atoms with van der Waals surface area (Å²) >= 11 is 0. The number of aromatic nitrogens is 2. The highest BCUT2D eigenvalue weighted by molar-refractivity contribution is 5.80. The molecule has 1 aromatic heterocycles. The molecular weight excluding hydrogens is 290 g/mol. The highest BCUT2D eigenvalue weighted by Gasteiger charge is 2.25. The third-order valence-electron chi connectivity index (χ3n) is 4.52. The van der Waals surface area contributed by atoms with Gasteiger partial charge in [-0.2, -0.15) is 5.10 Å². The normalized spacial score (nSPS) is 18.7. The summed E-state index contributed by atoms with van der Waals surface area (Å²) < 4.78 is 7.50. The number of nitrogens with one attached hydrogen (secondary N) is 1. The highest BCUT2D eigenvalue weighted by Crippen LogP contribution is 2.18. The van der Waals surface area contributed by atoms with E-state index in [1.54, 1.807) is 0 Å². The van der Waals surface area contributed by atoms with Gasteiger partial charge in [0.25, 0.3) is 0 Å². The fraction of sp³-hybridized carbons (Fsp3) is 0.765. The Morgan fingerprint density at radius 1 is 1.39 bits per heavy atom. The van der Waals surface area contributed by atoms with Crippen LogP contribution in [0.3, 0.4) is 0 Å². The molecule has 1 atom stereocenters. The van der Waals surface area contributed by atoms with Crippen LogP contribution in [0.1, 0.15) is 37.2 Å². The number of hydrogen-bond donors (Lipinski definition) is 1. The minimum atomic E-state index is 0.612. The molecule has 1 aliphatic rings. The van der Waals surface area contributed by atoms with E-state index in [1.165, 1.54) is 17.7 Å². The average molecular weight is 321 g/mol. The molecule has 0 amide bonds. The van der Waals surface area contributed by atoms with Gasteiger partial charge in [-0.05, 0) is 34.1 Å². The van der Waals surface area contributed by atoms with Gasteiger partial charge in [0.05, 0.1) is 18.8 Å². The third-order valence-corrected chi connectivity index (χ3v) is 4.52. The number of aliphatic imine (C=N–C) groups is 1. The minimum Gasteiger partial charge on any atom is -0.381 e. The number of nitrogens with zero attached hydrogens (tertiary/aromatic N) is 4. The average Bonchev–Trinajstić information content (AvgIpc) is 3.08. The molecule has 0 spiro atoms. The molecular formula is C17H31N5O. The molecule has 1 unspecified atom stereocenters. The number of ether oxygens (including phenoxy) is 1. The Bertz CT molecular complexity index is 537. The second-order valence-corrected chi connectivity index (χ2v) is 6.20. The molecule has 1 saturated heterocycles. The van der Waals surface area contributed by atoms with Gasteiger partial charge < -0.3 is 15.0 Å². The first-order chi connectivity index (χ1) is 11.1. The number of hydrogen-bond acceptors (Lipinski definition) is 3. The monoisotopic (exact) mass is 321 g/mol. The van der Waals surface area contributed by atoms with Crippen molar-refractivity contribution in [3.05, 3.63) is 17.0 Å². The number of rotatable bonds is 6. The summed E-state index contributed by atoms with van der Waals surface area (Å²) in [5.41, 5.74) is 3.49. The molecule has 0 aromatic carbocycles. The van der Waals surface area contributed by atoms with E-state index in [1.807, 2.05) is 11.7 Å². The van der Waals surface area contributed by atoms with E-state index in [4.69, 9.17) is 9.73 Å².